The molecule has 0 saturated carbocycles. The van der Waals surface area contributed by atoms with Crippen LogP contribution < -0.4 is 4.90 Å². The lowest BCUT2D eigenvalue weighted by Crippen LogP contribution is -2.37. The van der Waals surface area contributed by atoms with Crippen LogP contribution in [0, 0.1) is 17.0 Å². The number of hydrogen-bond acceptors (Lipinski definition) is 5. The van der Waals surface area contributed by atoms with Crippen molar-refractivity contribution in [3.63, 3.8) is 0 Å². The highest BCUT2D eigenvalue weighted by Crippen LogP contribution is 2.33. The van der Waals surface area contributed by atoms with E-state index >= 15 is 0 Å². The van der Waals surface area contributed by atoms with Gasteiger partial charge in [0.05, 0.1) is 28.2 Å². The Labute approximate surface area is 122 Å². The minimum atomic E-state index is -1.18. The summed E-state index contributed by atoms with van der Waals surface area (Å²) in [5, 5.41) is 20.3. The number of carboxylic acid groups (broad SMARTS) is 1. The van der Waals surface area contributed by atoms with Gasteiger partial charge in [-0.15, -0.1) is 0 Å². The van der Waals surface area contributed by atoms with Crippen molar-refractivity contribution in [2.45, 2.75) is 32.4 Å². The highest BCUT2D eigenvalue weighted by atomic mass is 16.6. The second kappa shape index (κ2) is 5.69. The first-order valence-corrected chi connectivity index (χ1v) is 6.69. The molecule has 1 aliphatic rings. The Hall–Kier alpha value is -2.15. The van der Waals surface area contributed by atoms with Gasteiger partial charge in [0.2, 0.25) is 0 Å². The van der Waals surface area contributed by atoms with E-state index in [2.05, 4.69) is 0 Å². The minimum Gasteiger partial charge on any atom is -0.478 e. The number of nitro benzene ring substituents is 1. The maximum Gasteiger partial charge on any atom is 0.336 e. The number of rotatable bonds is 4. The van der Waals surface area contributed by atoms with Gasteiger partial charge in [-0.1, -0.05) is 0 Å². The fourth-order valence-corrected chi connectivity index (χ4v) is 2.77. The van der Waals surface area contributed by atoms with Crippen molar-refractivity contribution in [2.24, 2.45) is 0 Å². The molecule has 1 saturated heterocycles. The van der Waals surface area contributed by atoms with Crippen LogP contribution in [-0.4, -0.2) is 41.8 Å². The summed E-state index contributed by atoms with van der Waals surface area (Å²) in [6, 6.07) is 2.66. The molecule has 0 amide bonds. The van der Waals surface area contributed by atoms with E-state index in [0.717, 1.165) is 12.5 Å². The molecule has 7 nitrogen and oxygen atoms in total. The zero-order valence-electron chi connectivity index (χ0n) is 12.2. The molecule has 1 fully saturated rings. The van der Waals surface area contributed by atoms with Gasteiger partial charge in [0, 0.05) is 25.4 Å². The van der Waals surface area contributed by atoms with Gasteiger partial charge in [0.25, 0.3) is 5.69 Å². The number of likely N-dealkylation sites (N-methyl/N-ethyl adjacent to an activating group) is 1. The number of nitrogens with zero attached hydrogens (tertiary/aromatic N) is 2. The van der Waals surface area contributed by atoms with Crippen LogP contribution in [0.15, 0.2) is 12.1 Å². The summed E-state index contributed by atoms with van der Waals surface area (Å²) in [7, 11) is 1.81. The van der Waals surface area contributed by atoms with E-state index in [1.165, 1.54) is 6.07 Å². The van der Waals surface area contributed by atoms with Gasteiger partial charge in [0.1, 0.15) is 0 Å². The Morgan fingerprint density at radius 2 is 2.19 bits per heavy atom. The highest BCUT2D eigenvalue weighted by molar-refractivity contribution is 5.90. The molecule has 2 rings (SSSR count). The normalized spacial score (nSPS) is 21.3. The first-order valence-electron chi connectivity index (χ1n) is 6.69. The molecular weight excluding hydrogens is 276 g/mol. The summed E-state index contributed by atoms with van der Waals surface area (Å²) in [6.07, 6.45) is 0.810. The van der Waals surface area contributed by atoms with Gasteiger partial charge in [-0.05, 0) is 26.3 Å². The number of carbonyl (C=O) groups is 1. The molecule has 0 bridgehead atoms. The Kier molecular flexibility index (Phi) is 4.13. The minimum absolute atomic E-state index is 0.00180. The Bertz CT molecular complexity index is 587. The summed E-state index contributed by atoms with van der Waals surface area (Å²) in [5.74, 6) is -1.18. The first-order chi connectivity index (χ1) is 9.82. The maximum absolute atomic E-state index is 11.2. The molecule has 1 heterocycles. The SMILES string of the molecule is Cc1c(N(C)C2CCOC2C)cc(C(=O)O)cc1[N+](=O)[O-]. The molecule has 1 N–H and O–H groups in total. The summed E-state index contributed by atoms with van der Waals surface area (Å²) >= 11 is 0. The molecule has 1 aromatic rings. The van der Waals surface area contributed by atoms with Crippen molar-refractivity contribution in [3.05, 3.63) is 33.4 Å². The van der Waals surface area contributed by atoms with Gasteiger partial charge in [0.15, 0.2) is 0 Å². The Morgan fingerprint density at radius 1 is 1.52 bits per heavy atom. The second-order valence-corrected chi connectivity index (χ2v) is 5.24. The molecule has 1 aromatic carbocycles. The van der Waals surface area contributed by atoms with Crippen LogP contribution in [0.3, 0.4) is 0 Å². The fourth-order valence-electron chi connectivity index (χ4n) is 2.77. The average molecular weight is 294 g/mol. The van der Waals surface area contributed by atoms with Crippen LogP contribution in [0.25, 0.3) is 0 Å². The predicted molar refractivity (Wildman–Crippen MR) is 77.0 cm³/mol. The topological polar surface area (TPSA) is 92.9 Å². The monoisotopic (exact) mass is 294 g/mol. The summed E-state index contributed by atoms with van der Waals surface area (Å²) < 4.78 is 5.51. The molecule has 2 atom stereocenters. The van der Waals surface area contributed by atoms with Crippen molar-refractivity contribution >= 4 is 17.3 Å². The van der Waals surface area contributed by atoms with Crippen LogP contribution in [0.4, 0.5) is 11.4 Å². The molecular formula is C14H18N2O5. The van der Waals surface area contributed by atoms with E-state index < -0.39 is 10.9 Å². The third-order valence-electron chi connectivity index (χ3n) is 4.01. The summed E-state index contributed by atoms with van der Waals surface area (Å²) in [6.45, 7) is 4.21. The van der Waals surface area contributed by atoms with E-state index in [0.29, 0.717) is 17.9 Å². The number of anilines is 1. The van der Waals surface area contributed by atoms with Gasteiger partial charge in [-0.2, -0.15) is 0 Å². The quantitative estimate of drug-likeness (QED) is 0.676. The standard InChI is InChI=1S/C14H18N2O5/c1-8-12(15(3)11-4-5-21-9(11)2)6-10(14(17)18)7-13(8)16(19)20/h6-7,9,11H,4-5H2,1-3H3,(H,17,18). The van der Waals surface area contributed by atoms with Gasteiger partial charge in [-0.25, -0.2) is 4.79 Å². The number of nitro groups is 1. The van der Waals surface area contributed by atoms with Gasteiger partial charge >= 0.3 is 5.97 Å². The van der Waals surface area contributed by atoms with Crippen LogP contribution in [-0.2, 0) is 4.74 Å². The molecule has 7 heteroatoms. The van der Waals surface area contributed by atoms with E-state index in [4.69, 9.17) is 9.84 Å². The van der Waals surface area contributed by atoms with Crippen molar-refractivity contribution in [1.82, 2.24) is 0 Å². The van der Waals surface area contributed by atoms with E-state index in [-0.39, 0.29) is 23.4 Å². The number of benzene rings is 1. The van der Waals surface area contributed by atoms with Crippen molar-refractivity contribution in [3.8, 4) is 0 Å². The third-order valence-corrected chi connectivity index (χ3v) is 4.01. The second-order valence-electron chi connectivity index (χ2n) is 5.24. The molecule has 0 spiro atoms. The van der Waals surface area contributed by atoms with Crippen molar-refractivity contribution in [2.75, 3.05) is 18.6 Å². The molecule has 1 aliphatic heterocycles. The summed E-state index contributed by atoms with van der Waals surface area (Å²) in [4.78, 5) is 23.6. The number of hydrogen-bond donors (Lipinski definition) is 1. The van der Waals surface area contributed by atoms with Crippen LogP contribution >= 0.6 is 0 Å². The lowest BCUT2D eigenvalue weighted by molar-refractivity contribution is -0.385. The Morgan fingerprint density at radius 3 is 2.67 bits per heavy atom. The molecule has 21 heavy (non-hydrogen) atoms. The fraction of sp³-hybridized carbons (Fsp3) is 0.500. The van der Waals surface area contributed by atoms with Crippen LogP contribution in [0.2, 0.25) is 0 Å². The number of aromatic carboxylic acids is 1. The lowest BCUT2D eigenvalue weighted by atomic mass is 10.0. The van der Waals surface area contributed by atoms with Crippen LogP contribution in [0.5, 0.6) is 0 Å². The molecule has 114 valence electrons. The molecule has 2 unspecified atom stereocenters. The van der Waals surface area contributed by atoms with Crippen molar-refractivity contribution < 1.29 is 19.6 Å². The number of ether oxygens (including phenoxy) is 1. The molecule has 0 radical (unpaired) electrons. The van der Waals surface area contributed by atoms with Gasteiger partial charge in [-0.3, -0.25) is 10.1 Å². The van der Waals surface area contributed by atoms with E-state index in [1.807, 2.05) is 18.9 Å². The van der Waals surface area contributed by atoms with E-state index in [1.54, 1.807) is 6.92 Å². The van der Waals surface area contributed by atoms with Gasteiger partial charge < -0.3 is 14.7 Å². The smallest absolute Gasteiger partial charge is 0.336 e. The largest absolute Gasteiger partial charge is 0.478 e. The molecule has 0 aromatic heterocycles. The highest BCUT2D eigenvalue weighted by Gasteiger charge is 2.30. The lowest BCUT2D eigenvalue weighted by Gasteiger charge is -2.30. The zero-order valence-corrected chi connectivity index (χ0v) is 12.2. The summed E-state index contributed by atoms with van der Waals surface area (Å²) in [5.41, 5.74) is 0.764. The third kappa shape index (κ3) is 2.82. The first kappa shape index (κ1) is 15.2. The van der Waals surface area contributed by atoms with E-state index in [9.17, 15) is 14.9 Å². The Balaban J connectivity index is 2.51. The zero-order chi connectivity index (χ0) is 15.7. The molecule has 0 aliphatic carbocycles. The van der Waals surface area contributed by atoms with Crippen molar-refractivity contribution in [1.29, 1.82) is 0 Å². The average Bonchev–Trinajstić information content (AvgIpc) is 2.83. The maximum atomic E-state index is 11.2. The predicted octanol–water partition coefficient (Wildman–Crippen LogP) is 2.22. The van der Waals surface area contributed by atoms with Crippen LogP contribution in [0.1, 0.15) is 29.3 Å². The number of carboxylic acids is 1.